The Morgan fingerprint density at radius 1 is 1.06 bits per heavy atom. The molecule has 0 bridgehead atoms. The van der Waals surface area contributed by atoms with Gasteiger partial charge in [-0.25, -0.2) is 4.98 Å². The van der Waals surface area contributed by atoms with E-state index in [9.17, 15) is 4.79 Å². The molecule has 1 aromatic carbocycles. The minimum atomic E-state index is -0.306. The molecular weight excluding hydrogens is 430 g/mol. The zero-order chi connectivity index (χ0) is 22.0. The van der Waals surface area contributed by atoms with Crippen LogP contribution in [0.1, 0.15) is 43.9 Å². The fourth-order valence-corrected chi connectivity index (χ4v) is 4.78. The number of halogens is 1. The largest absolute Gasteiger partial charge is 0.459 e. The van der Waals surface area contributed by atoms with Crippen LogP contribution in [0.2, 0.25) is 5.02 Å². The minimum absolute atomic E-state index is 0.261. The fourth-order valence-electron chi connectivity index (χ4n) is 3.44. The van der Waals surface area contributed by atoms with Crippen molar-refractivity contribution in [2.24, 2.45) is 0 Å². The highest BCUT2D eigenvalue weighted by Crippen LogP contribution is 2.42. The van der Waals surface area contributed by atoms with Crippen LogP contribution in [0, 0.1) is 20.8 Å². The molecule has 4 rings (SSSR count). The van der Waals surface area contributed by atoms with Gasteiger partial charge in [-0.3, -0.25) is 4.79 Å². The first kappa shape index (κ1) is 21.2. The van der Waals surface area contributed by atoms with Gasteiger partial charge in [-0.2, -0.15) is 0 Å². The highest BCUT2D eigenvalue weighted by Gasteiger charge is 2.27. The Balaban J connectivity index is 1.81. The lowest BCUT2D eigenvalue weighted by molar-refractivity contribution is 0.0997. The van der Waals surface area contributed by atoms with E-state index in [-0.39, 0.29) is 17.7 Å². The van der Waals surface area contributed by atoms with Gasteiger partial charge in [0.1, 0.15) is 10.8 Å². The van der Waals surface area contributed by atoms with Gasteiger partial charge in [0.25, 0.3) is 5.91 Å². The molecule has 0 aliphatic heterocycles. The molecule has 2 N–H and O–H groups in total. The quantitative estimate of drug-likeness (QED) is 0.339. The standard InChI is InChI=1S/C24H22ClN3O2S/c1-14-8-6-12-20(26-14)27-22(17-9-4-5-10-18(17)25)21-15(2)16(3)31-24(21)28-23(29)19-11-7-13-30-19/h4-13,22H,1-3H3,(H,26,27)(H,28,29)/t22-/m1/s1. The van der Waals surface area contributed by atoms with Crippen molar-refractivity contribution >= 4 is 39.7 Å². The Hall–Kier alpha value is -3.09. The maximum Gasteiger partial charge on any atom is 0.291 e. The molecule has 7 heteroatoms. The minimum Gasteiger partial charge on any atom is -0.459 e. The van der Waals surface area contributed by atoms with Crippen molar-refractivity contribution in [1.29, 1.82) is 0 Å². The summed E-state index contributed by atoms with van der Waals surface area (Å²) in [4.78, 5) is 18.4. The zero-order valence-corrected chi connectivity index (χ0v) is 19.0. The second-order valence-electron chi connectivity index (χ2n) is 7.22. The first-order chi connectivity index (χ1) is 14.9. The molecule has 0 unspecified atom stereocenters. The molecule has 0 spiro atoms. The SMILES string of the molecule is Cc1cccc(N[C@H](c2ccccc2Cl)c2c(NC(=O)c3ccco3)sc(C)c2C)n1. The van der Waals surface area contributed by atoms with Crippen LogP contribution in [0.25, 0.3) is 0 Å². The summed E-state index contributed by atoms with van der Waals surface area (Å²) in [6.07, 6.45) is 1.48. The molecular formula is C24H22ClN3O2S. The normalized spacial score (nSPS) is 11.9. The molecule has 0 fully saturated rings. The number of aromatic nitrogens is 1. The average Bonchev–Trinajstić information content (AvgIpc) is 3.36. The summed E-state index contributed by atoms with van der Waals surface area (Å²) in [7, 11) is 0. The lowest BCUT2D eigenvalue weighted by Gasteiger charge is -2.23. The molecule has 1 amide bonds. The smallest absolute Gasteiger partial charge is 0.291 e. The summed E-state index contributed by atoms with van der Waals surface area (Å²) in [5.41, 5.74) is 3.86. The lowest BCUT2D eigenvalue weighted by Crippen LogP contribution is -2.18. The molecule has 0 saturated carbocycles. The van der Waals surface area contributed by atoms with Gasteiger partial charge in [0.2, 0.25) is 0 Å². The Morgan fingerprint density at radius 3 is 2.58 bits per heavy atom. The van der Waals surface area contributed by atoms with Crippen LogP contribution < -0.4 is 10.6 Å². The van der Waals surface area contributed by atoms with Crippen LogP contribution in [-0.4, -0.2) is 10.9 Å². The van der Waals surface area contributed by atoms with E-state index in [4.69, 9.17) is 16.0 Å². The van der Waals surface area contributed by atoms with E-state index in [1.807, 2.05) is 56.3 Å². The fraction of sp³-hybridized carbons (Fsp3) is 0.167. The van der Waals surface area contributed by atoms with Crippen LogP contribution in [0.15, 0.2) is 65.3 Å². The number of amides is 1. The van der Waals surface area contributed by atoms with Crippen molar-refractivity contribution < 1.29 is 9.21 Å². The van der Waals surface area contributed by atoms with Gasteiger partial charge in [0.15, 0.2) is 5.76 Å². The second kappa shape index (κ2) is 8.96. The number of carbonyl (C=O) groups excluding carboxylic acids is 1. The molecule has 158 valence electrons. The third kappa shape index (κ3) is 4.50. The number of anilines is 2. The summed E-state index contributed by atoms with van der Waals surface area (Å²) in [5.74, 6) is 0.702. The van der Waals surface area contributed by atoms with Gasteiger partial charge in [-0.15, -0.1) is 11.3 Å². The topological polar surface area (TPSA) is 67.2 Å². The predicted molar refractivity (Wildman–Crippen MR) is 126 cm³/mol. The number of aryl methyl sites for hydroxylation is 2. The molecule has 4 aromatic rings. The average molecular weight is 452 g/mol. The van der Waals surface area contributed by atoms with E-state index in [1.165, 1.54) is 17.6 Å². The lowest BCUT2D eigenvalue weighted by atomic mass is 9.96. The number of nitrogens with zero attached hydrogens (tertiary/aromatic N) is 1. The molecule has 3 heterocycles. The number of benzene rings is 1. The number of pyridine rings is 1. The van der Waals surface area contributed by atoms with Gasteiger partial charge in [-0.1, -0.05) is 35.9 Å². The zero-order valence-electron chi connectivity index (χ0n) is 17.4. The third-order valence-corrected chi connectivity index (χ3v) is 6.57. The molecule has 5 nitrogen and oxygen atoms in total. The highest BCUT2D eigenvalue weighted by molar-refractivity contribution is 7.16. The monoisotopic (exact) mass is 451 g/mol. The molecule has 0 aliphatic rings. The maximum absolute atomic E-state index is 12.7. The van der Waals surface area contributed by atoms with Gasteiger partial charge < -0.3 is 15.1 Å². The van der Waals surface area contributed by atoms with Crippen molar-refractivity contribution in [2.75, 3.05) is 10.6 Å². The number of hydrogen-bond acceptors (Lipinski definition) is 5. The third-order valence-electron chi connectivity index (χ3n) is 5.09. The molecule has 0 saturated heterocycles. The molecule has 31 heavy (non-hydrogen) atoms. The van der Waals surface area contributed by atoms with E-state index in [0.29, 0.717) is 5.02 Å². The maximum atomic E-state index is 12.7. The van der Waals surface area contributed by atoms with E-state index >= 15 is 0 Å². The van der Waals surface area contributed by atoms with Crippen molar-refractivity contribution in [1.82, 2.24) is 4.98 Å². The first-order valence-electron chi connectivity index (χ1n) is 9.83. The van der Waals surface area contributed by atoms with Crippen LogP contribution in [-0.2, 0) is 0 Å². The summed E-state index contributed by atoms with van der Waals surface area (Å²) in [6.45, 7) is 6.05. The number of furan rings is 1. The van der Waals surface area contributed by atoms with Crippen molar-refractivity contribution in [2.45, 2.75) is 26.8 Å². The van der Waals surface area contributed by atoms with Crippen molar-refractivity contribution in [3.8, 4) is 0 Å². The van der Waals surface area contributed by atoms with E-state index in [1.54, 1.807) is 12.1 Å². The number of nitrogens with one attached hydrogen (secondary N) is 2. The van der Waals surface area contributed by atoms with E-state index in [2.05, 4.69) is 22.5 Å². The van der Waals surface area contributed by atoms with Crippen LogP contribution >= 0.6 is 22.9 Å². The predicted octanol–water partition coefficient (Wildman–Crippen LogP) is 6.77. The van der Waals surface area contributed by atoms with Crippen molar-refractivity contribution in [3.05, 3.63) is 98.9 Å². The summed E-state index contributed by atoms with van der Waals surface area (Å²) >= 11 is 8.14. The van der Waals surface area contributed by atoms with Gasteiger partial charge in [0, 0.05) is 21.2 Å². The Morgan fingerprint density at radius 2 is 1.87 bits per heavy atom. The van der Waals surface area contributed by atoms with Crippen LogP contribution in [0.4, 0.5) is 10.8 Å². The van der Waals surface area contributed by atoms with Gasteiger partial charge >= 0.3 is 0 Å². The van der Waals surface area contributed by atoms with Gasteiger partial charge in [-0.05, 0) is 62.2 Å². The first-order valence-corrected chi connectivity index (χ1v) is 11.0. The number of carbonyl (C=O) groups is 1. The molecule has 0 radical (unpaired) electrons. The summed E-state index contributed by atoms with van der Waals surface area (Å²) < 4.78 is 5.26. The Kier molecular flexibility index (Phi) is 6.11. The molecule has 3 aromatic heterocycles. The highest BCUT2D eigenvalue weighted by atomic mass is 35.5. The van der Waals surface area contributed by atoms with Gasteiger partial charge in [0.05, 0.1) is 12.3 Å². The number of hydrogen-bond donors (Lipinski definition) is 2. The Labute approximate surface area is 190 Å². The summed E-state index contributed by atoms with van der Waals surface area (Å²) in [6, 6.07) is 16.6. The Bertz CT molecular complexity index is 1220. The molecule has 0 aliphatic carbocycles. The van der Waals surface area contributed by atoms with E-state index in [0.717, 1.165) is 38.1 Å². The van der Waals surface area contributed by atoms with E-state index < -0.39 is 0 Å². The second-order valence-corrected chi connectivity index (χ2v) is 8.85. The van der Waals surface area contributed by atoms with Crippen LogP contribution in [0.3, 0.4) is 0 Å². The number of rotatable bonds is 6. The van der Waals surface area contributed by atoms with Crippen LogP contribution in [0.5, 0.6) is 0 Å². The summed E-state index contributed by atoms with van der Waals surface area (Å²) in [5, 5.41) is 7.95. The van der Waals surface area contributed by atoms with Crippen molar-refractivity contribution in [3.63, 3.8) is 0 Å². The molecule has 1 atom stereocenters. The number of thiophene rings is 1.